The molecule has 0 unspecified atom stereocenters. The Kier molecular flexibility index (Phi) is 7.85. The van der Waals surface area contributed by atoms with Crippen molar-refractivity contribution in [2.45, 2.75) is 27.7 Å². The Morgan fingerprint density at radius 1 is 1.35 bits per heavy atom. The standard InChI is InChI=1S/C14H24N2O/c1-7-15-13(6)16-10-9-14(11(3)4)12(5)17-8-2/h9-11,15H,5-8H2,1-4H3/b14-9-,16-10-. The third-order valence-corrected chi connectivity index (χ3v) is 2.13. The molecular formula is C14H24N2O. The molecule has 0 saturated carbocycles. The van der Waals surface area contributed by atoms with Gasteiger partial charge < -0.3 is 10.1 Å². The third-order valence-electron chi connectivity index (χ3n) is 2.13. The van der Waals surface area contributed by atoms with E-state index in [2.05, 4.69) is 37.3 Å². The molecule has 0 bridgehead atoms. The number of allylic oxidation sites excluding steroid dienone is 2. The van der Waals surface area contributed by atoms with Gasteiger partial charge >= 0.3 is 0 Å². The monoisotopic (exact) mass is 236 g/mol. The highest BCUT2D eigenvalue weighted by Crippen LogP contribution is 2.18. The molecule has 0 aromatic heterocycles. The highest BCUT2D eigenvalue weighted by Gasteiger charge is 2.07. The zero-order valence-corrected chi connectivity index (χ0v) is 11.4. The third kappa shape index (κ3) is 6.61. The molecule has 0 aliphatic rings. The Balaban J connectivity index is 4.61. The van der Waals surface area contributed by atoms with Crippen LogP contribution in [-0.4, -0.2) is 19.4 Å². The SMILES string of the molecule is C=C(/N=C\C=C(/C(=C)OCC)C(C)C)NCC. The highest BCUT2D eigenvalue weighted by molar-refractivity contribution is 5.74. The molecule has 0 atom stereocenters. The quantitative estimate of drug-likeness (QED) is 0.398. The molecular weight excluding hydrogens is 212 g/mol. The highest BCUT2D eigenvalue weighted by atomic mass is 16.5. The van der Waals surface area contributed by atoms with Gasteiger partial charge in [0.05, 0.1) is 6.61 Å². The van der Waals surface area contributed by atoms with Crippen molar-refractivity contribution in [1.29, 1.82) is 0 Å². The Hall–Kier alpha value is -1.51. The first-order valence-corrected chi connectivity index (χ1v) is 6.01. The van der Waals surface area contributed by atoms with Gasteiger partial charge in [-0.1, -0.05) is 27.0 Å². The first-order chi connectivity index (χ1) is 8.02. The van der Waals surface area contributed by atoms with Crippen LogP contribution in [0.1, 0.15) is 27.7 Å². The zero-order chi connectivity index (χ0) is 13.3. The van der Waals surface area contributed by atoms with Gasteiger partial charge in [-0.2, -0.15) is 0 Å². The Bertz CT molecular complexity index is 314. The van der Waals surface area contributed by atoms with Crippen LogP contribution >= 0.6 is 0 Å². The molecule has 0 heterocycles. The van der Waals surface area contributed by atoms with E-state index in [1.165, 1.54) is 0 Å². The van der Waals surface area contributed by atoms with Crippen LogP contribution in [0.2, 0.25) is 0 Å². The lowest BCUT2D eigenvalue weighted by molar-refractivity contribution is 0.235. The average molecular weight is 236 g/mol. The second-order valence-corrected chi connectivity index (χ2v) is 3.89. The van der Waals surface area contributed by atoms with Gasteiger partial charge in [0.25, 0.3) is 0 Å². The van der Waals surface area contributed by atoms with Crippen LogP contribution in [0.4, 0.5) is 0 Å². The van der Waals surface area contributed by atoms with Crippen LogP contribution in [0.15, 0.2) is 41.4 Å². The van der Waals surface area contributed by atoms with Gasteiger partial charge in [0.2, 0.25) is 0 Å². The molecule has 0 aromatic carbocycles. The predicted molar refractivity (Wildman–Crippen MR) is 75.0 cm³/mol. The fraction of sp³-hybridized carbons (Fsp3) is 0.500. The Labute approximate surface area is 105 Å². The fourth-order valence-electron chi connectivity index (χ4n) is 1.32. The van der Waals surface area contributed by atoms with E-state index in [0.717, 1.165) is 12.1 Å². The van der Waals surface area contributed by atoms with Crippen LogP contribution in [0.25, 0.3) is 0 Å². The molecule has 0 aliphatic heterocycles. The smallest absolute Gasteiger partial charge is 0.118 e. The number of rotatable bonds is 8. The van der Waals surface area contributed by atoms with Crippen molar-refractivity contribution in [3.8, 4) is 0 Å². The van der Waals surface area contributed by atoms with Crippen LogP contribution in [-0.2, 0) is 4.74 Å². The minimum atomic E-state index is 0.355. The summed E-state index contributed by atoms with van der Waals surface area (Å²) < 4.78 is 5.41. The molecule has 0 aliphatic carbocycles. The first-order valence-electron chi connectivity index (χ1n) is 6.01. The molecule has 0 aromatic rings. The molecule has 0 rings (SSSR count). The van der Waals surface area contributed by atoms with Gasteiger partial charge in [0.1, 0.15) is 11.6 Å². The molecule has 3 nitrogen and oxygen atoms in total. The lowest BCUT2D eigenvalue weighted by Gasteiger charge is -2.13. The number of ether oxygens (including phenoxy) is 1. The van der Waals surface area contributed by atoms with Crippen LogP contribution in [0.5, 0.6) is 0 Å². The van der Waals surface area contributed by atoms with Gasteiger partial charge in [0, 0.05) is 12.8 Å². The summed E-state index contributed by atoms with van der Waals surface area (Å²) in [4.78, 5) is 4.17. The molecule has 1 N–H and O–H groups in total. The van der Waals surface area contributed by atoms with E-state index in [0.29, 0.717) is 24.1 Å². The fourth-order valence-corrected chi connectivity index (χ4v) is 1.32. The van der Waals surface area contributed by atoms with Gasteiger partial charge in [0.15, 0.2) is 0 Å². The summed E-state index contributed by atoms with van der Waals surface area (Å²) in [5, 5.41) is 3.03. The first kappa shape index (κ1) is 15.5. The number of aliphatic imine (C=N–C) groups is 1. The van der Waals surface area contributed by atoms with Crippen molar-refractivity contribution in [2.24, 2.45) is 10.9 Å². The molecule has 0 radical (unpaired) electrons. The van der Waals surface area contributed by atoms with Crippen molar-refractivity contribution < 1.29 is 4.74 Å². The van der Waals surface area contributed by atoms with Gasteiger partial charge in [-0.3, -0.25) is 0 Å². The van der Waals surface area contributed by atoms with Crippen molar-refractivity contribution in [2.75, 3.05) is 13.2 Å². The van der Waals surface area contributed by atoms with E-state index < -0.39 is 0 Å². The summed E-state index contributed by atoms with van der Waals surface area (Å²) in [5.74, 6) is 1.73. The minimum absolute atomic E-state index is 0.355. The lowest BCUT2D eigenvalue weighted by atomic mass is 10.0. The van der Waals surface area contributed by atoms with E-state index >= 15 is 0 Å². The number of hydrogen-bond donors (Lipinski definition) is 1. The van der Waals surface area contributed by atoms with Gasteiger partial charge in [-0.05, 0) is 31.4 Å². The lowest BCUT2D eigenvalue weighted by Crippen LogP contribution is -2.09. The maximum Gasteiger partial charge on any atom is 0.118 e. The normalized spacial score (nSPS) is 11.9. The topological polar surface area (TPSA) is 33.6 Å². The van der Waals surface area contributed by atoms with Crippen LogP contribution in [0.3, 0.4) is 0 Å². The average Bonchev–Trinajstić information content (AvgIpc) is 2.24. The summed E-state index contributed by atoms with van der Waals surface area (Å²) in [5.41, 5.74) is 1.06. The molecule has 0 fully saturated rings. The van der Waals surface area contributed by atoms with E-state index in [9.17, 15) is 0 Å². The summed E-state index contributed by atoms with van der Waals surface area (Å²) in [7, 11) is 0. The number of nitrogens with one attached hydrogen (secondary N) is 1. The summed E-state index contributed by atoms with van der Waals surface area (Å²) >= 11 is 0. The van der Waals surface area contributed by atoms with Gasteiger partial charge in [-0.25, -0.2) is 4.99 Å². The van der Waals surface area contributed by atoms with Crippen molar-refractivity contribution >= 4 is 6.21 Å². The van der Waals surface area contributed by atoms with Crippen LogP contribution in [0, 0.1) is 5.92 Å². The minimum Gasteiger partial charge on any atom is -0.494 e. The molecule has 0 amide bonds. The van der Waals surface area contributed by atoms with Crippen molar-refractivity contribution in [1.82, 2.24) is 5.32 Å². The molecule has 0 spiro atoms. The molecule has 0 saturated heterocycles. The van der Waals surface area contributed by atoms with Gasteiger partial charge in [-0.15, -0.1) is 0 Å². The molecule has 3 heteroatoms. The predicted octanol–water partition coefficient (Wildman–Crippen LogP) is 3.27. The van der Waals surface area contributed by atoms with E-state index in [1.807, 2.05) is 19.9 Å². The Morgan fingerprint density at radius 2 is 2.00 bits per heavy atom. The zero-order valence-electron chi connectivity index (χ0n) is 11.4. The summed E-state index contributed by atoms with van der Waals surface area (Å²) in [6, 6.07) is 0. The molecule has 96 valence electrons. The summed E-state index contributed by atoms with van der Waals surface area (Å²) in [6.07, 6.45) is 3.65. The van der Waals surface area contributed by atoms with E-state index in [4.69, 9.17) is 4.74 Å². The van der Waals surface area contributed by atoms with Crippen LogP contribution < -0.4 is 5.32 Å². The Morgan fingerprint density at radius 3 is 2.47 bits per heavy atom. The van der Waals surface area contributed by atoms with E-state index in [-0.39, 0.29) is 0 Å². The summed E-state index contributed by atoms with van der Waals surface area (Å²) in [6.45, 7) is 17.3. The van der Waals surface area contributed by atoms with E-state index in [1.54, 1.807) is 6.21 Å². The maximum atomic E-state index is 5.41. The van der Waals surface area contributed by atoms with Crippen molar-refractivity contribution in [3.05, 3.63) is 36.4 Å². The second kappa shape index (κ2) is 8.62. The maximum absolute atomic E-state index is 5.41. The van der Waals surface area contributed by atoms with Crippen molar-refractivity contribution in [3.63, 3.8) is 0 Å². The second-order valence-electron chi connectivity index (χ2n) is 3.89. The largest absolute Gasteiger partial charge is 0.494 e. The molecule has 17 heavy (non-hydrogen) atoms. The number of nitrogens with zero attached hydrogens (tertiary/aromatic N) is 1. The number of hydrogen-bond acceptors (Lipinski definition) is 3.